The third-order valence-electron chi connectivity index (χ3n) is 2.64. The van der Waals surface area contributed by atoms with Gasteiger partial charge < -0.3 is 11.1 Å². The van der Waals surface area contributed by atoms with E-state index in [0.717, 1.165) is 17.4 Å². The lowest BCUT2D eigenvalue weighted by atomic mass is 10.2. The average molecular weight is 274 g/mol. The molecule has 0 atom stereocenters. The van der Waals surface area contributed by atoms with Crippen LogP contribution in [0, 0.1) is 13.8 Å². The van der Waals surface area contributed by atoms with Gasteiger partial charge in [-0.1, -0.05) is 23.9 Å². The van der Waals surface area contributed by atoms with Crippen LogP contribution in [0.3, 0.4) is 0 Å². The molecule has 0 spiro atoms. The predicted molar refractivity (Wildman–Crippen MR) is 80.6 cm³/mol. The van der Waals surface area contributed by atoms with Gasteiger partial charge in [0.25, 0.3) is 0 Å². The van der Waals surface area contributed by atoms with Crippen LogP contribution < -0.4 is 11.1 Å². The molecule has 3 N–H and O–H groups in total. The van der Waals surface area contributed by atoms with Gasteiger partial charge in [0.15, 0.2) is 0 Å². The first-order chi connectivity index (χ1) is 9.08. The minimum atomic E-state index is 0.297. The molecule has 0 radical (unpaired) electrons. The van der Waals surface area contributed by atoms with Crippen LogP contribution in [0.4, 0.5) is 11.8 Å². The zero-order chi connectivity index (χ0) is 13.8. The highest BCUT2D eigenvalue weighted by Gasteiger charge is 2.06. The van der Waals surface area contributed by atoms with Gasteiger partial charge in [-0.3, -0.25) is 0 Å². The smallest absolute Gasteiger partial charge is 0.223 e. The molecule has 0 amide bonds. The molecule has 0 saturated carbocycles. The fraction of sp³-hybridized carbons (Fsp3) is 0.286. The lowest BCUT2D eigenvalue weighted by Crippen LogP contribution is -2.03. The lowest BCUT2D eigenvalue weighted by Gasteiger charge is -2.08. The number of nitrogens with zero attached hydrogens (tertiary/aromatic N) is 2. The van der Waals surface area contributed by atoms with Gasteiger partial charge >= 0.3 is 0 Å². The van der Waals surface area contributed by atoms with Crippen molar-refractivity contribution >= 4 is 23.5 Å². The summed E-state index contributed by atoms with van der Waals surface area (Å²) in [5.41, 5.74) is 8.21. The Morgan fingerprint density at radius 2 is 2.00 bits per heavy atom. The Hall–Kier alpha value is -1.75. The van der Waals surface area contributed by atoms with Crippen LogP contribution in [0.5, 0.6) is 0 Å². The summed E-state index contributed by atoms with van der Waals surface area (Å²) < 4.78 is 0. The number of hydrogen-bond acceptors (Lipinski definition) is 5. The summed E-state index contributed by atoms with van der Waals surface area (Å²) in [6.45, 7) is 7.01. The van der Waals surface area contributed by atoms with Crippen molar-refractivity contribution in [3.63, 3.8) is 0 Å². The Bertz CT molecular complexity index is 584. The van der Waals surface area contributed by atoms with Crippen molar-refractivity contribution in [3.05, 3.63) is 35.4 Å². The highest BCUT2D eigenvalue weighted by Crippen LogP contribution is 2.31. The van der Waals surface area contributed by atoms with Crippen molar-refractivity contribution in [2.75, 3.05) is 17.6 Å². The Morgan fingerprint density at radius 1 is 1.21 bits per heavy atom. The third-order valence-corrected chi connectivity index (χ3v) is 3.71. The summed E-state index contributed by atoms with van der Waals surface area (Å²) in [4.78, 5) is 9.61. The standard InChI is InChI=1S/C14H18N4S/c1-4-16-12-8-13(18-14(15)17-12)19-11-7-9(2)5-6-10(11)3/h5-8H,4H2,1-3H3,(H3,15,16,17,18). The topological polar surface area (TPSA) is 63.8 Å². The zero-order valence-corrected chi connectivity index (χ0v) is 12.2. The van der Waals surface area contributed by atoms with E-state index in [1.807, 2.05) is 13.0 Å². The molecule has 2 aromatic rings. The number of aryl methyl sites for hydroxylation is 2. The molecular formula is C14H18N4S. The second-order valence-electron chi connectivity index (χ2n) is 4.35. The fourth-order valence-electron chi connectivity index (χ4n) is 1.70. The molecule has 1 aromatic carbocycles. The first-order valence-electron chi connectivity index (χ1n) is 6.22. The SMILES string of the molecule is CCNc1cc(Sc2cc(C)ccc2C)nc(N)n1. The number of hydrogen-bond donors (Lipinski definition) is 2. The molecule has 19 heavy (non-hydrogen) atoms. The highest BCUT2D eigenvalue weighted by atomic mass is 32.2. The quantitative estimate of drug-likeness (QED) is 0.838. The Balaban J connectivity index is 2.29. The van der Waals surface area contributed by atoms with Crippen LogP contribution in [-0.4, -0.2) is 16.5 Å². The van der Waals surface area contributed by atoms with Gasteiger partial charge in [-0.05, 0) is 38.0 Å². The molecule has 4 nitrogen and oxygen atoms in total. The molecule has 2 rings (SSSR count). The van der Waals surface area contributed by atoms with E-state index < -0.39 is 0 Å². The van der Waals surface area contributed by atoms with E-state index in [9.17, 15) is 0 Å². The number of aromatic nitrogens is 2. The summed E-state index contributed by atoms with van der Waals surface area (Å²) in [7, 11) is 0. The molecule has 0 unspecified atom stereocenters. The van der Waals surface area contributed by atoms with E-state index in [2.05, 4.69) is 47.3 Å². The van der Waals surface area contributed by atoms with E-state index in [-0.39, 0.29) is 0 Å². The van der Waals surface area contributed by atoms with Crippen molar-refractivity contribution in [1.29, 1.82) is 0 Å². The third kappa shape index (κ3) is 3.61. The van der Waals surface area contributed by atoms with E-state index in [1.54, 1.807) is 11.8 Å². The summed E-state index contributed by atoms with van der Waals surface area (Å²) in [6.07, 6.45) is 0. The lowest BCUT2D eigenvalue weighted by molar-refractivity contribution is 1.04. The molecule has 0 aliphatic carbocycles. The number of nitrogen functional groups attached to an aromatic ring is 1. The van der Waals surface area contributed by atoms with Crippen LogP contribution in [0.2, 0.25) is 0 Å². The second-order valence-corrected chi connectivity index (χ2v) is 5.41. The van der Waals surface area contributed by atoms with Crippen molar-refractivity contribution in [1.82, 2.24) is 9.97 Å². The molecular weight excluding hydrogens is 256 g/mol. The van der Waals surface area contributed by atoms with Gasteiger partial charge in [-0.2, -0.15) is 4.98 Å². The van der Waals surface area contributed by atoms with Crippen molar-refractivity contribution in [2.24, 2.45) is 0 Å². The molecule has 1 aromatic heterocycles. The van der Waals surface area contributed by atoms with Crippen LogP contribution in [0.1, 0.15) is 18.1 Å². The molecule has 100 valence electrons. The summed E-state index contributed by atoms with van der Waals surface area (Å²) >= 11 is 1.61. The zero-order valence-electron chi connectivity index (χ0n) is 11.4. The number of benzene rings is 1. The van der Waals surface area contributed by atoms with Crippen LogP contribution >= 0.6 is 11.8 Å². The van der Waals surface area contributed by atoms with Crippen LogP contribution in [0.15, 0.2) is 34.2 Å². The summed E-state index contributed by atoms with van der Waals surface area (Å²) in [6, 6.07) is 8.31. The number of rotatable bonds is 4. The van der Waals surface area contributed by atoms with Crippen LogP contribution in [0.25, 0.3) is 0 Å². The monoisotopic (exact) mass is 274 g/mol. The van der Waals surface area contributed by atoms with Crippen LogP contribution in [-0.2, 0) is 0 Å². The maximum atomic E-state index is 5.74. The first kappa shape index (κ1) is 13.7. The van der Waals surface area contributed by atoms with Gasteiger partial charge in [-0.15, -0.1) is 0 Å². The van der Waals surface area contributed by atoms with Gasteiger partial charge in [0.05, 0.1) is 0 Å². The maximum absolute atomic E-state index is 5.74. The van der Waals surface area contributed by atoms with Crippen molar-refractivity contribution < 1.29 is 0 Å². The minimum Gasteiger partial charge on any atom is -0.370 e. The molecule has 0 saturated heterocycles. The Morgan fingerprint density at radius 3 is 2.74 bits per heavy atom. The van der Waals surface area contributed by atoms with E-state index in [0.29, 0.717) is 5.95 Å². The number of nitrogens with two attached hydrogens (primary N) is 1. The highest BCUT2D eigenvalue weighted by molar-refractivity contribution is 7.99. The summed E-state index contributed by atoms with van der Waals surface area (Å²) in [5.74, 6) is 1.06. The minimum absolute atomic E-state index is 0.297. The van der Waals surface area contributed by atoms with Gasteiger partial charge in [0.2, 0.25) is 5.95 Å². The number of nitrogens with one attached hydrogen (secondary N) is 1. The molecule has 0 aliphatic rings. The average Bonchev–Trinajstić information content (AvgIpc) is 2.33. The summed E-state index contributed by atoms with van der Waals surface area (Å²) in [5, 5.41) is 4.01. The molecule has 1 heterocycles. The second kappa shape index (κ2) is 5.93. The largest absolute Gasteiger partial charge is 0.370 e. The van der Waals surface area contributed by atoms with E-state index in [4.69, 9.17) is 5.73 Å². The first-order valence-corrected chi connectivity index (χ1v) is 7.03. The van der Waals surface area contributed by atoms with Crippen molar-refractivity contribution in [2.45, 2.75) is 30.7 Å². The normalized spacial score (nSPS) is 10.5. The van der Waals surface area contributed by atoms with Gasteiger partial charge in [-0.25, -0.2) is 4.98 Å². The van der Waals surface area contributed by atoms with Crippen molar-refractivity contribution in [3.8, 4) is 0 Å². The molecule has 0 fully saturated rings. The Kier molecular flexibility index (Phi) is 4.27. The van der Waals surface area contributed by atoms with Gasteiger partial charge in [0.1, 0.15) is 10.8 Å². The fourth-order valence-corrected chi connectivity index (χ4v) is 2.71. The van der Waals surface area contributed by atoms with E-state index in [1.165, 1.54) is 16.0 Å². The Labute approximate surface area is 117 Å². The maximum Gasteiger partial charge on any atom is 0.223 e. The van der Waals surface area contributed by atoms with Gasteiger partial charge in [0, 0.05) is 17.5 Å². The molecule has 0 bridgehead atoms. The molecule has 0 aliphatic heterocycles. The predicted octanol–water partition coefficient (Wildman–Crippen LogP) is 3.26. The molecule has 5 heteroatoms. The van der Waals surface area contributed by atoms with E-state index >= 15 is 0 Å². The number of anilines is 2.